The van der Waals surface area contributed by atoms with Gasteiger partial charge >= 0.3 is 11.9 Å². The molecule has 3 fully saturated rings. The molecule has 3 aliphatic heterocycles. The van der Waals surface area contributed by atoms with Crippen molar-refractivity contribution in [1.82, 2.24) is 10.2 Å². The number of phenols is 1. The summed E-state index contributed by atoms with van der Waals surface area (Å²) in [5.41, 5.74) is 0.617. The molecule has 154 valence electrons. The maximum absolute atomic E-state index is 13.1. The average molecular weight is 416 g/mol. The maximum atomic E-state index is 13.1. The number of nitrogens with zero attached hydrogens (tertiary/aromatic N) is 1. The minimum absolute atomic E-state index is 0.0780. The Morgan fingerprint density at radius 2 is 2.03 bits per heavy atom. The van der Waals surface area contributed by atoms with Gasteiger partial charge in [-0.25, -0.2) is 9.59 Å². The number of thiophene rings is 1. The molecule has 3 aliphatic rings. The van der Waals surface area contributed by atoms with Crippen molar-refractivity contribution in [2.75, 3.05) is 19.6 Å². The highest BCUT2D eigenvalue weighted by Crippen LogP contribution is 2.31. The summed E-state index contributed by atoms with van der Waals surface area (Å²) in [4.78, 5) is 27.5. The number of hydrogen-bond acceptors (Lipinski definition) is 7. The highest BCUT2D eigenvalue weighted by molar-refractivity contribution is 7.13. The number of piperidine rings is 3. The average Bonchev–Trinajstić information content (AvgIpc) is 3.18. The summed E-state index contributed by atoms with van der Waals surface area (Å²) in [5, 5.41) is 22.1. The molecular weight excluding hydrogens is 392 g/mol. The number of ether oxygens (including phenoxy) is 1. The Labute approximate surface area is 172 Å². The first kappa shape index (κ1) is 19.9. The molecule has 0 saturated carbocycles. The summed E-state index contributed by atoms with van der Waals surface area (Å²) >= 11 is 1.17. The standard InChI is InChI=1S/C21H24N2O5S/c24-15-3-1-2-14(10-15)19(22-11-16-4-5-18(29-16)20(25)26)21(27)28-17-12-23-8-6-13(17)7-9-23/h1-5,10,13,17,19,22,24H,6-9,11-12H2,(H,25,26)/t17-,19?/m0/s1. The molecule has 0 amide bonds. The van der Waals surface area contributed by atoms with Crippen molar-refractivity contribution < 1.29 is 24.5 Å². The highest BCUT2D eigenvalue weighted by Gasteiger charge is 2.37. The van der Waals surface area contributed by atoms with Gasteiger partial charge in [0.25, 0.3) is 0 Å². The summed E-state index contributed by atoms with van der Waals surface area (Å²) < 4.78 is 5.90. The predicted molar refractivity (Wildman–Crippen MR) is 108 cm³/mol. The van der Waals surface area contributed by atoms with Gasteiger partial charge in [0.15, 0.2) is 0 Å². The largest absolute Gasteiger partial charge is 0.508 e. The Bertz CT molecular complexity index is 891. The van der Waals surface area contributed by atoms with Crippen LogP contribution < -0.4 is 5.32 Å². The van der Waals surface area contributed by atoms with Crippen LogP contribution in [0.1, 0.15) is 39.0 Å². The van der Waals surface area contributed by atoms with Crippen LogP contribution in [0.4, 0.5) is 0 Å². The quantitative estimate of drug-likeness (QED) is 0.597. The van der Waals surface area contributed by atoms with Crippen LogP contribution in [0.2, 0.25) is 0 Å². The molecule has 1 unspecified atom stereocenters. The number of carboxylic acid groups (broad SMARTS) is 1. The Balaban J connectivity index is 1.48. The van der Waals surface area contributed by atoms with Crippen LogP contribution in [0.3, 0.4) is 0 Å². The van der Waals surface area contributed by atoms with E-state index < -0.39 is 12.0 Å². The molecule has 3 N–H and O–H groups in total. The number of nitrogens with one attached hydrogen (secondary N) is 1. The summed E-state index contributed by atoms with van der Waals surface area (Å²) in [6.45, 7) is 3.23. The second-order valence-corrected chi connectivity index (χ2v) is 8.76. The third-order valence-corrected chi connectivity index (χ3v) is 6.73. The lowest BCUT2D eigenvalue weighted by Gasteiger charge is -2.44. The zero-order valence-electron chi connectivity index (χ0n) is 15.9. The first-order valence-electron chi connectivity index (χ1n) is 9.77. The number of rotatable bonds is 7. The molecule has 3 saturated heterocycles. The van der Waals surface area contributed by atoms with Crippen LogP contribution in [-0.2, 0) is 16.1 Å². The van der Waals surface area contributed by atoms with Crippen LogP contribution in [0.15, 0.2) is 36.4 Å². The number of benzene rings is 1. The van der Waals surface area contributed by atoms with Gasteiger partial charge in [0.05, 0.1) is 0 Å². The smallest absolute Gasteiger partial charge is 0.345 e. The van der Waals surface area contributed by atoms with Gasteiger partial charge in [0.1, 0.15) is 22.8 Å². The van der Waals surface area contributed by atoms with E-state index in [-0.39, 0.29) is 22.7 Å². The predicted octanol–water partition coefficient (Wildman–Crippen LogP) is 2.62. The van der Waals surface area contributed by atoms with E-state index in [0.717, 1.165) is 37.4 Å². The SMILES string of the molecule is O=C(O)c1ccc(CNC(C(=O)O[C@H]2CN3CCC2CC3)c2cccc(O)c2)s1. The fourth-order valence-corrected chi connectivity index (χ4v) is 4.89. The molecule has 29 heavy (non-hydrogen) atoms. The molecule has 1 aromatic heterocycles. The lowest BCUT2D eigenvalue weighted by Crippen LogP contribution is -2.52. The molecule has 2 aromatic rings. The Hall–Kier alpha value is -2.42. The monoisotopic (exact) mass is 416 g/mol. The minimum atomic E-state index is -0.965. The van der Waals surface area contributed by atoms with E-state index in [0.29, 0.717) is 18.0 Å². The molecule has 0 radical (unpaired) electrons. The minimum Gasteiger partial charge on any atom is -0.508 e. The molecule has 2 atom stereocenters. The first-order chi connectivity index (χ1) is 14.0. The number of carbonyl (C=O) groups is 2. The molecule has 5 rings (SSSR count). The molecule has 0 aliphatic carbocycles. The van der Waals surface area contributed by atoms with Crippen LogP contribution in [0, 0.1) is 5.92 Å². The second-order valence-electron chi connectivity index (χ2n) is 7.59. The van der Waals surface area contributed by atoms with E-state index >= 15 is 0 Å². The zero-order valence-corrected chi connectivity index (χ0v) is 16.7. The van der Waals surface area contributed by atoms with Gasteiger partial charge in [-0.05, 0) is 61.7 Å². The number of aromatic hydroxyl groups is 1. The van der Waals surface area contributed by atoms with Gasteiger partial charge in [-0.15, -0.1) is 11.3 Å². The number of hydrogen-bond donors (Lipinski definition) is 3. The van der Waals surface area contributed by atoms with Crippen LogP contribution >= 0.6 is 11.3 Å². The van der Waals surface area contributed by atoms with Gasteiger partial charge in [-0.3, -0.25) is 10.2 Å². The van der Waals surface area contributed by atoms with Crippen LogP contribution in [-0.4, -0.2) is 52.8 Å². The normalized spacial score (nSPS) is 24.2. The highest BCUT2D eigenvalue weighted by atomic mass is 32.1. The van der Waals surface area contributed by atoms with Gasteiger partial charge in [-0.2, -0.15) is 0 Å². The molecular formula is C21H24N2O5S. The van der Waals surface area contributed by atoms with Crippen molar-refractivity contribution in [2.45, 2.75) is 31.5 Å². The lowest BCUT2D eigenvalue weighted by atomic mass is 9.86. The number of carbonyl (C=O) groups excluding carboxylic acids is 1. The Kier molecular flexibility index (Phi) is 5.84. The van der Waals surface area contributed by atoms with Gasteiger partial charge < -0.3 is 14.9 Å². The molecule has 0 spiro atoms. The Morgan fingerprint density at radius 3 is 2.66 bits per heavy atom. The molecule has 2 bridgehead atoms. The van der Waals surface area contributed by atoms with Gasteiger partial charge in [0.2, 0.25) is 0 Å². The number of fused-ring (bicyclic) bond motifs is 3. The van der Waals surface area contributed by atoms with E-state index in [1.165, 1.54) is 11.3 Å². The van der Waals surface area contributed by atoms with Crippen molar-refractivity contribution in [2.24, 2.45) is 5.92 Å². The van der Waals surface area contributed by atoms with Crippen molar-refractivity contribution in [3.63, 3.8) is 0 Å². The number of aromatic carboxylic acids is 1. The van der Waals surface area contributed by atoms with Gasteiger partial charge in [0, 0.05) is 18.0 Å². The fraction of sp³-hybridized carbons (Fsp3) is 0.429. The second kappa shape index (κ2) is 8.52. The summed E-state index contributed by atoms with van der Waals surface area (Å²) in [6, 6.07) is 9.11. The van der Waals surface area contributed by atoms with Gasteiger partial charge in [-0.1, -0.05) is 12.1 Å². The zero-order chi connectivity index (χ0) is 20.4. The first-order valence-corrected chi connectivity index (χ1v) is 10.6. The summed E-state index contributed by atoms with van der Waals surface area (Å²) in [6.07, 6.45) is 2.00. The van der Waals surface area contributed by atoms with E-state index in [1.54, 1.807) is 36.4 Å². The third-order valence-electron chi connectivity index (χ3n) is 5.66. The third kappa shape index (κ3) is 4.60. The maximum Gasteiger partial charge on any atom is 0.345 e. The number of esters is 1. The van der Waals surface area contributed by atoms with Crippen LogP contribution in [0.25, 0.3) is 0 Å². The van der Waals surface area contributed by atoms with Crippen molar-refractivity contribution in [3.05, 3.63) is 51.7 Å². The van der Waals surface area contributed by atoms with E-state index in [9.17, 15) is 14.7 Å². The molecule has 7 nitrogen and oxygen atoms in total. The van der Waals surface area contributed by atoms with Crippen molar-refractivity contribution >= 4 is 23.3 Å². The molecule has 1 aromatic carbocycles. The lowest BCUT2D eigenvalue weighted by molar-refractivity contribution is -0.161. The van der Waals surface area contributed by atoms with Crippen molar-refractivity contribution in [1.29, 1.82) is 0 Å². The Morgan fingerprint density at radius 1 is 1.24 bits per heavy atom. The molecule has 4 heterocycles. The molecule has 8 heteroatoms. The summed E-state index contributed by atoms with van der Waals surface area (Å²) in [7, 11) is 0. The van der Waals surface area contributed by atoms with Crippen molar-refractivity contribution in [3.8, 4) is 5.75 Å². The fourth-order valence-electron chi connectivity index (χ4n) is 4.09. The topological polar surface area (TPSA) is 99.1 Å². The summed E-state index contributed by atoms with van der Waals surface area (Å²) in [5.74, 6) is -0.852. The number of phenolic OH excluding ortho intramolecular Hbond substituents is 1. The van der Waals surface area contributed by atoms with E-state index in [1.807, 2.05) is 0 Å². The van der Waals surface area contributed by atoms with E-state index in [2.05, 4.69) is 10.2 Å². The van der Waals surface area contributed by atoms with E-state index in [4.69, 9.17) is 9.84 Å². The van der Waals surface area contributed by atoms with Crippen LogP contribution in [0.5, 0.6) is 5.75 Å². The number of carboxylic acids is 1.